The smallest absolute Gasteiger partial charge is 0.343 e. The monoisotopic (exact) mass is 422 g/mol. The molecule has 2 N–H and O–H groups in total. The van der Waals surface area contributed by atoms with Crippen molar-refractivity contribution >= 4 is 11.9 Å². The average Bonchev–Trinajstić information content (AvgIpc) is 2.73. The highest BCUT2D eigenvalue weighted by atomic mass is 16.5. The molecule has 0 aromatic heterocycles. The van der Waals surface area contributed by atoms with Crippen molar-refractivity contribution in [2.24, 2.45) is 17.8 Å². The quantitative estimate of drug-likeness (QED) is 0.532. The van der Waals surface area contributed by atoms with Crippen LogP contribution in [0, 0.1) is 17.8 Å². The third kappa shape index (κ3) is 3.34. The van der Waals surface area contributed by atoms with Gasteiger partial charge in [0, 0.05) is 5.56 Å². The lowest BCUT2D eigenvalue weighted by Crippen LogP contribution is -2.48. The Morgan fingerprint density at radius 2 is 1.61 bits per heavy atom. The van der Waals surface area contributed by atoms with E-state index in [9.17, 15) is 19.8 Å². The molecule has 4 fully saturated rings. The number of esters is 1. The van der Waals surface area contributed by atoms with Crippen molar-refractivity contribution in [3.8, 4) is 17.2 Å². The summed E-state index contributed by atoms with van der Waals surface area (Å²) >= 11 is 0. The van der Waals surface area contributed by atoms with Crippen LogP contribution >= 0.6 is 0 Å². The highest BCUT2D eigenvalue weighted by Crippen LogP contribution is 2.61. The fourth-order valence-corrected chi connectivity index (χ4v) is 6.63. The molecule has 6 nitrogen and oxygen atoms in total. The largest absolute Gasteiger partial charge is 0.504 e. The summed E-state index contributed by atoms with van der Waals surface area (Å²) in [6, 6.07) is 9.42. The van der Waals surface area contributed by atoms with E-state index >= 15 is 0 Å². The summed E-state index contributed by atoms with van der Waals surface area (Å²) in [5.74, 6) is 0.409. The molecule has 0 amide bonds. The Kier molecular flexibility index (Phi) is 4.68. The van der Waals surface area contributed by atoms with Crippen molar-refractivity contribution in [2.75, 3.05) is 7.11 Å². The zero-order chi connectivity index (χ0) is 21.8. The van der Waals surface area contributed by atoms with E-state index in [1.165, 1.54) is 37.5 Å². The number of rotatable bonds is 5. The van der Waals surface area contributed by atoms with Gasteiger partial charge in [0.25, 0.3) is 0 Å². The van der Waals surface area contributed by atoms with Gasteiger partial charge in [0.1, 0.15) is 11.3 Å². The minimum atomic E-state index is -1.29. The lowest BCUT2D eigenvalue weighted by atomic mass is 9.48. The molecule has 4 aliphatic rings. The van der Waals surface area contributed by atoms with E-state index in [2.05, 4.69) is 0 Å². The number of ether oxygens (including phenoxy) is 2. The molecule has 6 heteroatoms. The number of carboxylic acid groups (broad SMARTS) is 1. The molecule has 6 rings (SSSR count). The first kappa shape index (κ1) is 19.9. The molecule has 0 atom stereocenters. The molecule has 162 valence electrons. The van der Waals surface area contributed by atoms with Gasteiger partial charge < -0.3 is 19.7 Å². The van der Waals surface area contributed by atoms with Crippen LogP contribution in [0.4, 0.5) is 0 Å². The van der Waals surface area contributed by atoms with Gasteiger partial charge in [-0.05, 0) is 92.0 Å². The number of phenols is 1. The molecule has 4 aliphatic carbocycles. The lowest BCUT2D eigenvalue weighted by molar-refractivity contribution is -0.00618. The van der Waals surface area contributed by atoms with Gasteiger partial charge in [-0.1, -0.05) is 6.07 Å². The van der Waals surface area contributed by atoms with Crippen LogP contribution in [0.5, 0.6) is 17.2 Å². The summed E-state index contributed by atoms with van der Waals surface area (Å²) in [4.78, 5) is 24.1. The minimum absolute atomic E-state index is 0.0434. The number of carboxylic acids is 1. The van der Waals surface area contributed by atoms with Crippen molar-refractivity contribution in [3.63, 3.8) is 0 Å². The topological polar surface area (TPSA) is 93.1 Å². The number of aromatic hydroxyl groups is 1. The lowest BCUT2D eigenvalue weighted by Gasteiger charge is -2.57. The Bertz CT molecular complexity index is 1020. The Labute approximate surface area is 180 Å². The number of carbonyl (C=O) groups excluding carboxylic acids is 1. The Morgan fingerprint density at radius 1 is 0.968 bits per heavy atom. The summed E-state index contributed by atoms with van der Waals surface area (Å²) in [6.07, 6.45) is 7.37. The number of methoxy groups -OCH3 is 1. The Morgan fingerprint density at radius 3 is 2.19 bits per heavy atom. The summed E-state index contributed by atoms with van der Waals surface area (Å²) < 4.78 is 11.1. The van der Waals surface area contributed by atoms with Gasteiger partial charge in [0.15, 0.2) is 11.5 Å². The minimum Gasteiger partial charge on any atom is -0.504 e. The van der Waals surface area contributed by atoms with Crippen LogP contribution in [0.25, 0.3) is 0 Å². The van der Waals surface area contributed by atoms with Crippen LogP contribution in [0.15, 0.2) is 36.4 Å². The average molecular weight is 422 g/mol. The summed E-state index contributed by atoms with van der Waals surface area (Å²) in [6.45, 7) is 0. The molecule has 2 aromatic carbocycles. The van der Waals surface area contributed by atoms with Crippen molar-refractivity contribution in [1.82, 2.24) is 0 Å². The van der Waals surface area contributed by atoms with Gasteiger partial charge in [-0.3, -0.25) is 0 Å². The van der Waals surface area contributed by atoms with Crippen LogP contribution in [0.2, 0.25) is 0 Å². The summed E-state index contributed by atoms with van der Waals surface area (Å²) in [5, 5.41) is 19.3. The maximum atomic E-state index is 12.9. The van der Waals surface area contributed by atoms with E-state index in [4.69, 9.17) is 9.47 Å². The number of aromatic carboxylic acids is 1. The van der Waals surface area contributed by atoms with Crippen molar-refractivity contribution < 1.29 is 29.3 Å². The van der Waals surface area contributed by atoms with E-state index in [1.54, 1.807) is 13.2 Å². The molecule has 0 heterocycles. The molecule has 4 saturated carbocycles. The van der Waals surface area contributed by atoms with Crippen LogP contribution in [-0.4, -0.2) is 29.3 Å². The summed E-state index contributed by atoms with van der Waals surface area (Å²) in [7, 11) is 1.66. The molecule has 2 aromatic rings. The third-order valence-electron chi connectivity index (χ3n) is 7.48. The normalized spacial score (nSPS) is 28.4. The van der Waals surface area contributed by atoms with E-state index in [0.29, 0.717) is 5.56 Å². The maximum absolute atomic E-state index is 12.9. The highest BCUT2D eigenvalue weighted by molar-refractivity contribution is 5.94. The predicted molar refractivity (Wildman–Crippen MR) is 113 cm³/mol. The molecule has 0 spiro atoms. The molecular weight excluding hydrogens is 396 g/mol. The predicted octanol–water partition coefficient (Wildman–Crippen LogP) is 4.79. The zero-order valence-corrected chi connectivity index (χ0v) is 17.5. The molecule has 4 bridgehead atoms. The van der Waals surface area contributed by atoms with Crippen LogP contribution in [0.3, 0.4) is 0 Å². The zero-order valence-electron chi connectivity index (χ0n) is 17.5. The second-order valence-corrected chi connectivity index (χ2v) is 9.46. The number of para-hydroxylation sites is 1. The van der Waals surface area contributed by atoms with E-state index in [-0.39, 0.29) is 16.7 Å². The van der Waals surface area contributed by atoms with E-state index in [1.807, 2.05) is 12.1 Å². The highest BCUT2D eigenvalue weighted by Gasteiger charge is 2.52. The van der Waals surface area contributed by atoms with E-state index < -0.39 is 17.7 Å². The maximum Gasteiger partial charge on any atom is 0.343 e. The fourth-order valence-electron chi connectivity index (χ4n) is 6.63. The van der Waals surface area contributed by atoms with Crippen LogP contribution < -0.4 is 9.47 Å². The van der Waals surface area contributed by atoms with Gasteiger partial charge in [0.2, 0.25) is 0 Å². The second kappa shape index (κ2) is 7.29. The SMILES string of the molecule is COc1ccc(C(=O)Oc2cccc(C(=O)O)c2O)cc1C12CC3CC(CC(C3)C1)C2. The fraction of sp³-hybridized carbons (Fsp3) is 0.440. The van der Waals surface area contributed by atoms with Crippen molar-refractivity contribution in [1.29, 1.82) is 0 Å². The van der Waals surface area contributed by atoms with Gasteiger partial charge in [-0.25, -0.2) is 9.59 Å². The van der Waals surface area contributed by atoms with Gasteiger partial charge >= 0.3 is 11.9 Å². The molecule has 0 radical (unpaired) electrons. The summed E-state index contributed by atoms with van der Waals surface area (Å²) in [5.41, 5.74) is 1.18. The molecule has 0 unspecified atom stereocenters. The van der Waals surface area contributed by atoms with Gasteiger partial charge in [-0.15, -0.1) is 0 Å². The molecular formula is C25H26O6. The number of hydrogen-bond acceptors (Lipinski definition) is 5. The second-order valence-electron chi connectivity index (χ2n) is 9.46. The first-order chi connectivity index (χ1) is 14.9. The molecule has 0 saturated heterocycles. The molecule has 31 heavy (non-hydrogen) atoms. The third-order valence-corrected chi connectivity index (χ3v) is 7.48. The van der Waals surface area contributed by atoms with Crippen molar-refractivity contribution in [3.05, 3.63) is 53.1 Å². The van der Waals surface area contributed by atoms with Gasteiger partial charge in [-0.2, -0.15) is 0 Å². The first-order valence-corrected chi connectivity index (χ1v) is 10.8. The van der Waals surface area contributed by atoms with Crippen LogP contribution in [-0.2, 0) is 5.41 Å². The Balaban J connectivity index is 1.47. The first-order valence-electron chi connectivity index (χ1n) is 10.8. The Hall–Kier alpha value is -3.02. The van der Waals surface area contributed by atoms with E-state index in [0.717, 1.165) is 48.3 Å². The number of benzene rings is 2. The van der Waals surface area contributed by atoms with Gasteiger partial charge in [0.05, 0.1) is 12.7 Å². The molecule has 0 aliphatic heterocycles. The van der Waals surface area contributed by atoms with Crippen molar-refractivity contribution in [2.45, 2.75) is 43.9 Å². The standard InChI is InChI=1S/C25H26O6/c1-30-20-6-5-17(24(29)31-21-4-2-3-18(22(21)26)23(27)28)10-19(20)25-11-14-7-15(12-25)9-16(8-14)13-25/h2-6,10,14-16,26H,7-9,11-13H2,1H3,(H,27,28). The number of carbonyl (C=O) groups is 2. The van der Waals surface area contributed by atoms with Crippen LogP contribution in [0.1, 0.15) is 64.8 Å². The number of hydrogen-bond donors (Lipinski definition) is 2.